The Morgan fingerprint density at radius 3 is 2.84 bits per heavy atom. The molecule has 9 nitrogen and oxygen atoms in total. The Morgan fingerprint density at radius 2 is 2.08 bits per heavy atom. The number of hydrogen-bond donors (Lipinski definition) is 1. The number of carboxylic acids is 1. The topological polar surface area (TPSA) is 110 Å². The summed E-state index contributed by atoms with van der Waals surface area (Å²) in [6.45, 7) is 1.22. The lowest BCUT2D eigenvalue weighted by Gasteiger charge is -2.30. The highest BCUT2D eigenvalue weighted by Gasteiger charge is 2.28. The fourth-order valence-electron chi connectivity index (χ4n) is 2.60. The Morgan fingerprint density at radius 1 is 1.28 bits per heavy atom. The molecule has 1 aromatic carbocycles. The number of carbonyl (C=O) groups is 2. The molecule has 0 saturated carbocycles. The van der Waals surface area contributed by atoms with E-state index in [4.69, 9.17) is 9.84 Å². The van der Waals surface area contributed by atoms with E-state index in [-0.39, 0.29) is 19.1 Å². The van der Waals surface area contributed by atoms with Crippen LogP contribution in [-0.4, -0.2) is 67.9 Å². The molecule has 1 aliphatic rings. The highest BCUT2D eigenvalue weighted by molar-refractivity contribution is 5.78. The van der Waals surface area contributed by atoms with Crippen molar-refractivity contribution >= 4 is 11.9 Å². The maximum atomic E-state index is 12.2. The Hall–Kier alpha value is -2.81. The van der Waals surface area contributed by atoms with Gasteiger partial charge in [0.15, 0.2) is 6.10 Å². The van der Waals surface area contributed by atoms with Crippen molar-refractivity contribution in [1.29, 1.82) is 0 Å². The second-order valence-electron chi connectivity index (χ2n) is 5.72. The summed E-state index contributed by atoms with van der Waals surface area (Å²) >= 11 is 0. The summed E-state index contributed by atoms with van der Waals surface area (Å²) in [6, 6.07) is 9.53. The first-order chi connectivity index (χ1) is 12.1. The van der Waals surface area contributed by atoms with Crippen molar-refractivity contribution in [1.82, 2.24) is 25.1 Å². The quantitative estimate of drug-likeness (QED) is 0.808. The minimum absolute atomic E-state index is 0.0852. The maximum absolute atomic E-state index is 12.2. The van der Waals surface area contributed by atoms with Gasteiger partial charge in [0.25, 0.3) is 0 Å². The van der Waals surface area contributed by atoms with Crippen LogP contribution in [0.2, 0.25) is 0 Å². The lowest BCUT2D eigenvalue weighted by molar-refractivity contribution is -0.159. The van der Waals surface area contributed by atoms with E-state index in [1.54, 1.807) is 0 Å². The first-order valence-electron chi connectivity index (χ1n) is 8.09. The van der Waals surface area contributed by atoms with Crippen LogP contribution in [0, 0.1) is 0 Å². The summed E-state index contributed by atoms with van der Waals surface area (Å²) in [7, 11) is 0. The number of nitrogens with zero attached hydrogens (tertiary/aromatic N) is 5. The number of aliphatic carboxylic acids is 1. The zero-order valence-corrected chi connectivity index (χ0v) is 13.6. The molecule has 1 fully saturated rings. The molecule has 9 heteroatoms. The summed E-state index contributed by atoms with van der Waals surface area (Å²) in [4.78, 5) is 26.1. The number of amides is 1. The van der Waals surface area contributed by atoms with Crippen LogP contribution in [0.25, 0.3) is 11.4 Å². The number of benzene rings is 1. The summed E-state index contributed by atoms with van der Waals surface area (Å²) in [6.07, 6.45) is -0.0873. The van der Waals surface area contributed by atoms with Gasteiger partial charge in [-0.05, 0) is 11.6 Å². The number of hydrogen-bond acceptors (Lipinski definition) is 6. The highest BCUT2D eigenvalue weighted by atomic mass is 16.5. The third-order valence-corrected chi connectivity index (χ3v) is 3.93. The first-order valence-corrected chi connectivity index (χ1v) is 8.09. The molecule has 1 aromatic heterocycles. The SMILES string of the molecule is O=C(O)C1CN(C(=O)CCCn2nnc(-c3ccccc3)n2)CCO1. The summed E-state index contributed by atoms with van der Waals surface area (Å²) in [5.41, 5.74) is 0.887. The van der Waals surface area contributed by atoms with Gasteiger partial charge in [-0.2, -0.15) is 4.80 Å². The number of aryl methyl sites for hydroxylation is 1. The Bertz CT molecular complexity index is 733. The maximum Gasteiger partial charge on any atom is 0.334 e. The number of carboxylic acid groups (broad SMARTS) is 1. The van der Waals surface area contributed by atoms with E-state index in [1.807, 2.05) is 30.3 Å². The number of aromatic nitrogens is 4. The molecule has 2 aromatic rings. The van der Waals surface area contributed by atoms with Crippen LogP contribution in [0.3, 0.4) is 0 Å². The van der Waals surface area contributed by atoms with Crippen molar-refractivity contribution in [2.24, 2.45) is 0 Å². The van der Waals surface area contributed by atoms with Gasteiger partial charge in [0.1, 0.15) is 0 Å². The van der Waals surface area contributed by atoms with Crippen molar-refractivity contribution in [2.45, 2.75) is 25.5 Å². The van der Waals surface area contributed by atoms with Gasteiger partial charge in [0.05, 0.1) is 19.7 Å². The second kappa shape index (κ2) is 7.84. The van der Waals surface area contributed by atoms with Gasteiger partial charge in [0.2, 0.25) is 11.7 Å². The van der Waals surface area contributed by atoms with Gasteiger partial charge in [-0.3, -0.25) is 4.79 Å². The fourth-order valence-corrected chi connectivity index (χ4v) is 2.60. The molecule has 25 heavy (non-hydrogen) atoms. The third kappa shape index (κ3) is 4.38. The van der Waals surface area contributed by atoms with Gasteiger partial charge in [0, 0.05) is 18.5 Å². The summed E-state index contributed by atoms with van der Waals surface area (Å²) < 4.78 is 5.11. The molecule has 0 spiro atoms. The lowest BCUT2D eigenvalue weighted by Crippen LogP contribution is -2.48. The molecule has 1 saturated heterocycles. The molecule has 1 aliphatic heterocycles. The standard InChI is InChI=1S/C16H19N5O4/c22-14(20-9-10-25-13(11-20)16(23)24)7-4-8-21-18-15(17-19-21)12-5-2-1-3-6-12/h1-3,5-6,13H,4,7-11H2,(H,23,24). The Balaban J connectivity index is 1.47. The predicted octanol–water partition coefficient (Wildman–Crippen LogP) is 0.432. The van der Waals surface area contributed by atoms with E-state index in [1.165, 1.54) is 9.70 Å². The fraction of sp³-hybridized carbons (Fsp3) is 0.438. The lowest BCUT2D eigenvalue weighted by atomic mass is 10.2. The number of tetrazole rings is 1. The van der Waals surface area contributed by atoms with E-state index in [0.717, 1.165) is 5.56 Å². The highest BCUT2D eigenvalue weighted by Crippen LogP contribution is 2.12. The first kappa shape index (κ1) is 17.0. The van der Waals surface area contributed by atoms with Crippen LogP contribution >= 0.6 is 0 Å². The van der Waals surface area contributed by atoms with Crippen molar-refractivity contribution in [3.63, 3.8) is 0 Å². The van der Waals surface area contributed by atoms with Crippen molar-refractivity contribution in [2.75, 3.05) is 19.7 Å². The number of rotatable bonds is 6. The van der Waals surface area contributed by atoms with Crippen LogP contribution in [-0.2, 0) is 20.9 Å². The third-order valence-electron chi connectivity index (χ3n) is 3.93. The van der Waals surface area contributed by atoms with Crippen LogP contribution in [0.1, 0.15) is 12.8 Å². The predicted molar refractivity (Wildman–Crippen MR) is 86.4 cm³/mol. The normalized spacial score (nSPS) is 17.4. The van der Waals surface area contributed by atoms with Gasteiger partial charge in [-0.25, -0.2) is 4.79 Å². The summed E-state index contributed by atoms with van der Waals surface area (Å²) in [5.74, 6) is -0.583. The molecule has 0 bridgehead atoms. The van der Waals surface area contributed by atoms with Crippen LogP contribution < -0.4 is 0 Å². The average Bonchev–Trinajstić information content (AvgIpc) is 3.11. The molecular weight excluding hydrogens is 326 g/mol. The monoisotopic (exact) mass is 345 g/mol. The number of carbonyl (C=O) groups excluding carboxylic acids is 1. The van der Waals surface area contributed by atoms with Crippen LogP contribution in [0.4, 0.5) is 0 Å². The van der Waals surface area contributed by atoms with Gasteiger partial charge >= 0.3 is 5.97 Å². The molecule has 0 radical (unpaired) electrons. The smallest absolute Gasteiger partial charge is 0.334 e. The molecule has 3 rings (SSSR count). The molecule has 1 atom stereocenters. The summed E-state index contributed by atoms with van der Waals surface area (Å²) in [5, 5.41) is 21.3. The minimum Gasteiger partial charge on any atom is -0.479 e. The zero-order chi connectivity index (χ0) is 17.6. The molecule has 2 heterocycles. The molecule has 132 valence electrons. The van der Waals surface area contributed by atoms with Crippen molar-refractivity contribution < 1.29 is 19.4 Å². The molecule has 1 amide bonds. The Kier molecular flexibility index (Phi) is 5.34. The van der Waals surface area contributed by atoms with E-state index in [0.29, 0.717) is 31.8 Å². The molecule has 1 N–H and O–H groups in total. The molecule has 1 unspecified atom stereocenters. The van der Waals surface area contributed by atoms with Crippen LogP contribution in [0.5, 0.6) is 0 Å². The van der Waals surface area contributed by atoms with Crippen molar-refractivity contribution in [3.8, 4) is 11.4 Å². The number of ether oxygens (including phenoxy) is 1. The van der Waals surface area contributed by atoms with Gasteiger partial charge in [-0.15, -0.1) is 10.2 Å². The van der Waals surface area contributed by atoms with Gasteiger partial charge in [-0.1, -0.05) is 30.3 Å². The second-order valence-corrected chi connectivity index (χ2v) is 5.72. The van der Waals surface area contributed by atoms with Crippen LogP contribution in [0.15, 0.2) is 30.3 Å². The largest absolute Gasteiger partial charge is 0.479 e. The molecule has 0 aliphatic carbocycles. The number of morpholine rings is 1. The van der Waals surface area contributed by atoms with Gasteiger partial charge < -0.3 is 14.7 Å². The van der Waals surface area contributed by atoms with E-state index in [9.17, 15) is 9.59 Å². The zero-order valence-electron chi connectivity index (χ0n) is 13.6. The molecular formula is C16H19N5O4. The van der Waals surface area contributed by atoms with E-state index >= 15 is 0 Å². The Labute approximate surface area is 144 Å². The average molecular weight is 345 g/mol. The van der Waals surface area contributed by atoms with Crippen molar-refractivity contribution in [3.05, 3.63) is 30.3 Å². The minimum atomic E-state index is -1.04. The van der Waals surface area contributed by atoms with E-state index in [2.05, 4.69) is 15.4 Å². The van der Waals surface area contributed by atoms with E-state index < -0.39 is 12.1 Å².